The van der Waals surface area contributed by atoms with Crippen LogP contribution in [-0.2, 0) is 27.6 Å². The van der Waals surface area contributed by atoms with Crippen LogP contribution in [0.15, 0.2) is 67.3 Å². The smallest absolute Gasteiger partial charge is 0.414 e. The van der Waals surface area contributed by atoms with Gasteiger partial charge in [-0.25, -0.2) is 14.6 Å². The van der Waals surface area contributed by atoms with Crippen LogP contribution in [0.25, 0.3) is 0 Å². The zero-order chi connectivity index (χ0) is 23.3. The Morgan fingerprint density at radius 1 is 0.906 bits per heavy atom. The highest BCUT2D eigenvalue weighted by atomic mass is 35.5. The summed E-state index contributed by atoms with van der Waals surface area (Å²) in [5.41, 5.74) is 2.61. The molecule has 0 saturated carbocycles. The predicted molar refractivity (Wildman–Crippen MR) is 132 cm³/mol. The van der Waals surface area contributed by atoms with Crippen molar-refractivity contribution < 1.29 is 19.8 Å². The second-order valence-corrected chi connectivity index (χ2v) is 9.76. The SMILES string of the molecule is Clc1ccc(CSCC(Cn2ccnc2)SCc2ccc(Cl)cc2)cc1.O=C(O)C(=O)O. The Morgan fingerprint density at radius 2 is 1.44 bits per heavy atom. The van der Waals surface area contributed by atoms with Gasteiger partial charge in [0.15, 0.2) is 0 Å². The number of hydrogen-bond donors (Lipinski definition) is 2. The molecule has 0 aliphatic heterocycles. The minimum Gasteiger partial charge on any atom is -0.473 e. The van der Waals surface area contributed by atoms with E-state index in [0.29, 0.717) is 5.25 Å². The highest BCUT2D eigenvalue weighted by Crippen LogP contribution is 2.25. The first-order valence-electron chi connectivity index (χ1n) is 9.43. The van der Waals surface area contributed by atoms with E-state index in [1.54, 1.807) is 0 Å². The van der Waals surface area contributed by atoms with Gasteiger partial charge in [0.1, 0.15) is 0 Å². The van der Waals surface area contributed by atoms with E-state index in [1.165, 1.54) is 11.1 Å². The molecule has 2 aromatic carbocycles. The van der Waals surface area contributed by atoms with E-state index in [2.05, 4.69) is 33.8 Å². The van der Waals surface area contributed by atoms with E-state index in [4.69, 9.17) is 43.0 Å². The number of imidazole rings is 1. The van der Waals surface area contributed by atoms with Gasteiger partial charge in [0.2, 0.25) is 0 Å². The lowest BCUT2D eigenvalue weighted by molar-refractivity contribution is -0.159. The lowest BCUT2D eigenvalue weighted by Crippen LogP contribution is -2.15. The molecule has 0 aliphatic rings. The molecule has 3 aromatic rings. The Balaban J connectivity index is 0.000000534. The molecule has 10 heteroatoms. The summed E-state index contributed by atoms with van der Waals surface area (Å²) in [6, 6.07) is 16.2. The van der Waals surface area contributed by atoms with Gasteiger partial charge in [0, 0.05) is 51.5 Å². The van der Waals surface area contributed by atoms with E-state index in [0.717, 1.165) is 33.8 Å². The number of carboxylic acid groups (broad SMARTS) is 2. The number of aromatic nitrogens is 2. The molecule has 0 saturated heterocycles. The Hall–Kier alpha value is -2.13. The van der Waals surface area contributed by atoms with Gasteiger partial charge in [-0.15, -0.1) is 0 Å². The van der Waals surface area contributed by atoms with Crippen molar-refractivity contribution in [2.45, 2.75) is 23.3 Å². The number of hydrogen-bond acceptors (Lipinski definition) is 5. The van der Waals surface area contributed by atoms with Gasteiger partial charge in [-0.05, 0) is 35.4 Å². The number of benzene rings is 2. The minimum atomic E-state index is -1.82. The van der Waals surface area contributed by atoms with E-state index >= 15 is 0 Å². The number of carbonyl (C=O) groups is 2. The molecule has 0 radical (unpaired) electrons. The molecule has 1 atom stereocenters. The summed E-state index contributed by atoms with van der Waals surface area (Å²) in [4.78, 5) is 22.4. The summed E-state index contributed by atoms with van der Waals surface area (Å²) in [5, 5.41) is 16.9. The molecule has 32 heavy (non-hydrogen) atoms. The summed E-state index contributed by atoms with van der Waals surface area (Å²) in [6.45, 7) is 0.964. The van der Waals surface area contributed by atoms with Crippen molar-refractivity contribution in [3.8, 4) is 0 Å². The standard InChI is InChI=1S/C20H20Cl2N2S2.C2H2O4/c21-18-5-1-16(2-6-18)12-25-14-20(11-24-10-9-23-15-24)26-13-17-3-7-19(22)8-4-17;3-1(4)2(5)6/h1-10,15,20H,11-14H2;(H,3,4)(H,5,6). The fraction of sp³-hybridized carbons (Fsp3) is 0.227. The number of thioether (sulfide) groups is 2. The molecule has 0 bridgehead atoms. The number of rotatable bonds is 9. The maximum atomic E-state index is 9.10. The quantitative estimate of drug-likeness (QED) is 0.361. The second kappa shape index (κ2) is 14.1. The van der Waals surface area contributed by atoms with E-state index in [-0.39, 0.29) is 0 Å². The molecule has 1 heterocycles. The van der Waals surface area contributed by atoms with Crippen LogP contribution in [0.2, 0.25) is 10.0 Å². The average molecular weight is 513 g/mol. The predicted octanol–water partition coefficient (Wildman–Crippen LogP) is 5.58. The van der Waals surface area contributed by atoms with E-state index < -0.39 is 11.9 Å². The van der Waals surface area contributed by atoms with Crippen LogP contribution in [0.4, 0.5) is 0 Å². The van der Waals surface area contributed by atoms with Gasteiger partial charge in [-0.3, -0.25) is 0 Å². The fourth-order valence-electron chi connectivity index (χ4n) is 2.47. The molecule has 1 unspecified atom stereocenters. The molecular weight excluding hydrogens is 491 g/mol. The highest BCUT2D eigenvalue weighted by molar-refractivity contribution is 8.02. The van der Waals surface area contributed by atoms with Gasteiger partial charge in [-0.1, -0.05) is 47.5 Å². The largest absolute Gasteiger partial charge is 0.473 e. The molecule has 0 spiro atoms. The Kier molecular flexibility index (Phi) is 11.5. The average Bonchev–Trinajstić information content (AvgIpc) is 3.28. The van der Waals surface area contributed by atoms with Crippen LogP contribution in [-0.4, -0.2) is 42.7 Å². The molecule has 6 nitrogen and oxygen atoms in total. The highest BCUT2D eigenvalue weighted by Gasteiger charge is 2.11. The third kappa shape index (κ3) is 10.5. The van der Waals surface area contributed by atoms with Gasteiger partial charge < -0.3 is 14.8 Å². The summed E-state index contributed by atoms with van der Waals surface area (Å²) in [5.74, 6) is -0.582. The molecule has 2 N–H and O–H groups in total. The lowest BCUT2D eigenvalue weighted by Gasteiger charge is -2.17. The van der Waals surface area contributed by atoms with Gasteiger partial charge in [0.05, 0.1) is 6.33 Å². The first-order chi connectivity index (χ1) is 15.3. The second-order valence-electron chi connectivity index (χ2n) is 6.57. The molecule has 0 aliphatic carbocycles. The molecule has 0 fully saturated rings. The van der Waals surface area contributed by atoms with Crippen molar-refractivity contribution in [3.63, 3.8) is 0 Å². The van der Waals surface area contributed by atoms with Crippen LogP contribution in [0.1, 0.15) is 11.1 Å². The van der Waals surface area contributed by atoms with Crippen molar-refractivity contribution in [1.82, 2.24) is 9.55 Å². The van der Waals surface area contributed by atoms with Crippen LogP contribution < -0.4 is 0 Å². The number of aliphatic carboxylic acids is 2. The van der Waals surface area contributed by atoms with Gasteiger partial charge in [-0.2, -0.15) is 23.5 Å². The van der Waals surface area contributed by atoms with Gasteiger partial charge >= 0.3 is 11.9 Å². The summed E-state index contributed by atoms with van der Waals surface area (Å²) in [7, 11) is 0. The maximum Gasteiger partial charge on any atom is 0.414 e. The Bertz CT molecular complexity index is 957. The minimum absolute atomic E-state index is 0.511. The van der Waals surface area contributed by atoms with Crippen molar-refractivity contribution in [2.75, 3.05) is 5.75 Å². The Labute approximate surface area is 205 Å². The molecule has 3 rings (SSSR count). The zero-order valence-electron chi connectivity index (χ0n) is 16.9. The van der Waals surface area contributed by atoms with Crippen molar-refractivity contribution in [3.05, 3.63) is 88.4 Å². The van der Waals surface area contributed by atoms with Crippen LogP contribution in [0.5, 0.6) is 0 Å². The molecular formula is C22H22Cl2N2O4S2. The van der Waals surface area contributed by atoms with E-state index in [9.17, 15) is 0 Å². The summed E-state index contributed by atoms with van der Waals surface area (Å²) >= 11 is 15.9. The van der Waals surface area contributed by atoms with Crippen LogP contribution >= 0.6 is 46.7 Å². The summed E-state index contributed by atoms with van der Waals surface area (Å²) < 4.78 is 2.16. The number of nitrogens with zero attached hydrogens (tertiary/aromatic N) is 2. The molecule has 1 aromatic heterocycles. The number of halogens is 2. The third-order valence-electron chi connectivity index (χ3n) is 4.04. The lowest BCUT2D eigenvalue weighted by atomic mass is 10.2. The first-order valence-corrected chi connectivity index (χ1v) is 12.4. The Morgan fingerprint density at radius 3 is 1.91 bits per heavy atom. The molecule has 0 amide bonds. The van der Waals surface area contributed by atoms with E-state index in [1.807, 2.05) is 66.5 Å². The van der Waals surface area contributed by atoms with Crippen LogP contribution in [0, 0.1) is 0 Å². The van der Waals surface area contributed by atoms with Crippen molar-refractivity contribution in [1.29, 1.82) is 0 Å². The fourth-order valence-corrected chi connectivity index (χ4v) is 5.20. The van der Waals surface area contributed by atoms with Gasteiger partial charge in [0.25, 0.3) is 0 Å². The molecule has 170 valence electrons. The third-order valence-corrected chi connectivity index (χ3v) is 7.22. The van der Waals surface area contributed by atoms with Crippen LogP contribution in [0.3, 0.4) is 0 Å². The summed E-state index contributed by atoms with van der Waals surface area (Å²) in [6.07, 6.45) is 5.75. The maximum absolute atomic E-state index is 9.10. The van der Waals surface area contributed by atoms with Crippen molar-refractivity contribution >= 4 is 58.7 Å². The monoisotopic (exact) mass is 512 g/mol. The topological polar surface area (TPSA) is 92.4 Å². The number of carboxylic acids is 2. The zero-order valence-corrected chi connectivity index (χ0v) is 20.1. The van der Waals surface area contributed by atoms with Crippen molar-refractivity contribution in [2.24, 2.45) is 0 Å². The first kappa shape index (κ1) is 26.1. The normalized spacial score (nSPS) is 11.3.